The predicted molar refractivity (Wildman–Crippen MR) is 101 cm³/mol. The fourth-order valence-electron chi connectivity index (χ4n) is 3.31. The van der Waals surface area contributed by atoms with Gasteiger partial charge in [0.05, 0.1) is 12.3 Å². The van der Waals surface area contributed by atoms with E-state index in [0.717, 1.165) is 22.6 Å². The van der Waals surface area contributed by atoms with E-state index in [1.54, 1.807) is 17.0 Å². The minimum absolute atomic E-state index is 0.0180. The average Bonchev–Trinajstić information content (AvgIpc) is 3.37. The third kappa shape index (κ3) is 3.93. The van der Waals surface area contributed by atoms with E-state index in [2.05, 4.69) is 5.16 Å². The van der Waals surface area contributed by atoms with E-state index in [0.29, 0.717) is 31.7 Å². The van der Waals surface area contributed by atoms with Crippen LogP contribution in [0.5, 0.6) is 11.5 Å². The lowest BCUT2D eigenvalue weighted by Gasteiger charge is -2.24. The van der Waals surface area contributed by atoms with Crippen molar-refractivity contribution in [2.45, 2.75) is 32.4 Å². The number of oxime groups is 1. The van der Waals surface area contributed by atoms with E-state index in [1.807, 2.05) is 25.1 Å². The Morgan fingerprint density at radius 2 is 1.96 bits per heavy atom. The topological polar surface area (TPSA) is 60.4 Å². The first kappa shape index (κ1) is 18.3. The molecule has 2 aromatic carbocycles. The molecule has 6 nitrogen and oxygen atoms in total. The molecule has 1 atom stereocenters. The Kier molecular flexibility index (Phi) is 5.14. The van der Waals surface area contributed by atoms with Crippen LogP contribution in [-0.2, 0) is 16.2 Å². The summed E-state index contributed by atoms with van der Waals surface area (Å²) in [6.45, 7) is 2.87. The molecule has 2 aliphatic rings. The maximum absolute atomic E-state index is 13.1. The Morgan fingerprint density at radius 3 is 2.75 bits per heavy atom. The Labute approximate surface area is 162 Å². The molecule has 7 heteroatoms. The average molecular weight is 384 g/mol. The Hall–Kier alpha value is -3.09. The van der Waals surface area contributed by atoms with Crippen LogP contribution in [0, 0.1) is 5.82 Å². The van der Waals surface area contributed by atoms with Crippen LogP contribution in [-0.4, -0.2) is 36.0 Å². The lowest BCUT2D eigenvalue weighted by Crippen LogP contribution is -2.36. The van der Waals surface area contributed by atoms with E-state index < -0.39 is 0 Å². The molecule has 0 fully saturated rings. The molecular formula is C21H21FN2O4. The van der Waals surface area contributed by atoms with Crippen LogP contribution in [0.15, 0.2) is 47.6 Å². The molecule has 0 bridgehead atoms. The molecule has 4 rings (SSSR count). The molecule has 0 saturated carbocycles. The zero-order chi connectivity index (χ0) is 19.5. The fourth-order valence-corrected chi connectivity index (χ4v) is 3.31. The van der Waals surface area contributed by atoms with Crippen LogP contribution in [0.1, 0.15) is 30.9 Å². The van der Waals surface area contributed by atoms with Gasteiger partial charge in [-0.25, -0.2) is 4.39 Å². The smallest absolute Gasteiger partial charge is 0.231 e. The Bertz CT molecular complexity index is 898. The maximum atomic E-state index is 13.1. The number of fused-ring (bicyclic) bond motifs is 1. The van der Waals surface area contributed by atoms with Gasteiger partial charge in [-0.3, -0.25) is 4.79 Å². The monoisotopic (exact) mass is 384 g/mol. The van der Waals surface area contributed by atoms with E-state index in [9.17, 15) is 9.18 Å². The first-order chi connectivity index (χ1) is 13.6. The van der Waals surface area contributed by atoms with Gasteiger partial charge in [0.2, 0.25) is 12.7 Å². The highest BCUT2D eigenvalue weighted by Crippen LogP contribution is 2.33. The second-order valence-electron chi connectivity index (χ2n) is 6.79. The highest BCUT2D eigenvalue weighted by molar-refractivity contribution is 6.01. The lowest BCUT2D eigenvalue weighted by atomic mass is 10.0. The van der Waals surface area contributed by atoms with Crippen LogP contribution in [0.25, 0.3) is 0 Å². The number of carbonyl (C=O) groups excluding carboxylic acids is 1. The van der Waals surface area contributed by atoms with Crippen molar-refractivity contribution >= 4 is 11.6 Å². The van der Waals surface area contributed by atoms with Crippen molar-refractivity contribution in [3.8, 4) is 11.5 Å². The molecule has 28 heavy (non-hydrogen) atoms. The number of hydrogen-bond acceptors (Lipinski definition) is 5. The number of halogens is 1. The molecule has 0 saturated heterocycles. The zero-order valence-corrected chi connectivity index (χ0v) is 15.6. The largest absolute Gasteiger partial charge is 0.454 e. The van der Waals surface area contributed by atoms with Gasteiger partial charge in [-0.05, 0) is 35.9 Å². The second-order valence-corrected chi connectivity index (χ2v) is 6.79. The molecule has 0 aliphatic carbocycles. The summed E-state index contributed by atoms with van der Waals surface area (Å²) in [5.41, 5.74) is 2.60. The summed E-state index contributed by atoms with van der Waals surface area (Å²) >= 11 is 0. The van der Waals surface area contributed by atoms with Crippen LogP contribution < -0.4 is 9.47 Å². The van der Waals surface area contributed by atoms with E-state index in [4.69, 9.17) is 14.3 Å². The van der Waals surface area contributed by atoms with E-state index in [1.165, 1.54) is 12.1 Å². The summed E-state index contributed by atoms with van der Waals surface area (Å²) in [6.07, 6.45) is 0.761. The standard InChI is InChI=1S/C21H21FN2O4/c1-2-21(25)24(11-14-3-6-16(22)7-4-14)12-17-10-18(23-28-17)15-5-8-19-20(9-15)27-13-26-19/h3-9,17H,2,10-13H2,1H3/t17-/m1/s1. The van der Waals surface area contributed by atoms with Crippen molar-refractivity contribution in [2.75, 3.05) is 13.3 Å². The number of benzene rings is 2. The molecule has 0 radical (unpaired) electrons. The molecule has 146 valence electrons. The normalized spacial score (nSPS) is 17.2. The number of hydrogen-bond donors (Lipinski definition) is 0. The minimum atomic E-state index is -0.294. The first-order valence-electron chi connectivity index (χ1n) is 9.27. The van der Waals surface area contributed by atoms with Crippen molar-refractivity contribution in [1.82, 2.24) is 4.90 Å². The number of ether oxygens (including phenoxy) is 2. The third-order valence-corrected chi connectivity index (χ3v) is 4.80. The number of nitrogens with zero attached hydrogens (tertiary/aromatic N) is 2. The summed E-state index contributed by atoms with van der Waals surface area (Å²) in [4.78, 5) is 19.7. The Balaban J connectivity index is 1.41. The summed E-state index contributed by atoms with van der Waals surface area (Å²) in [5.74, 6) is 1.14. The molecule has 2 aromatic rings. The predicted octanol–water partition coefficient (Wildman–Crippen LogP) is 3.49. The van der Waals surface area contributed by atoms with Gasteiger partial charge in [0.25, 0.3) is 0 Å². The molecule has 0 unspecified atom stereocenters. The van der Waals surface area contributed by atoms with Crippen molar-refractivity contribution in [2.24, 2.45) is 5.16 Å². The minimum Gasteiger partial charge on any atom is -0.454 e. The van der Waals surface area contributed by atoms with E-state index >= 15 is 0 Å². The molecule has 2 heterocycles. The SMILES string of the molecule is CCC(=O)N(Cc1ccc(F)cc1)C[C@H]1CC(c2ccc3c(c2)OCO3)=NO1. The summed E-state index contributed by atoms with van der Waals surface area (Å²) in [6, 6.07) is 11.8. The molecule has 0 spiro atoms. The van der Waals surface area contributed by atoms with Crippen LogP contribution in [0.3, 0.4) is 0 Å². The number of carbonyl (C=O) groups is 1. The second kappa shape index (κ2) is 7.88. The van der Waals surface area contributed by atoms with Gasteiger partial charge in [-0.1, -0.05) is 24.2 Å². The summed E-state index contributed by atoms with van der Waals surface area (Å²) in [7, 11) is 0. The van der Waals surface area contributed by atoms with Crippen molar-refractivity contribution in [1.29, 1.82) is 0 Å². The lowest BCUT2D eigenvalue weighted by molar-refractivity contribution is -0.133. The fraction of sp³-hybridized carbons (Fsp3) is 0.333. The first-order valence-corrected chi connectivity index (χ1v) is 9.27. The molecule has 0 N–H and O–H groups in total. The molecule has 0 aromatic heterocycles. The highest BCUT2D eigenvalue weighted by atomic mass is 19.1. The van der Waals surface area contributed by atoms with Crippen LogP contribution in [0.2, 0.25) is 0 Å². The Morgan fingerprint density at radius 1 is 1.18 bits per heavy atom. The highest BCUT2D eigenvalue weighted by Gasteiger charge is 2.27. The quantitative estimate of drug-likeness (QED) is 0.765. The van der Waals surface area contributed by atoms with Crippen molar-refractivity contribution < 1.29 is 23.5 Å². The van der Waals surface area contributed by atoms with Crippen molar-refractivity contribution in [3.05, 3.63) is 59.4 Å². The van der Waals surface area contributed by atoms with Crippen LogP contribution in [0.4, 0.5) is 4.39 Å². The van der Waals surface area contributed by atoms with Gasteiger partial charge in [-0.2, -0.15) is 0 Å². The van der Waals surface area contributed by atoms with Gasteiger partial charge in [-0.15, -0.1) is 0 Å². The summed E-state index contributed by atoms with van der Waals surface area (Å²) < 4.78 is 23.9. The van der Waals surface area contributed by atoms with E-state index in [-0.39, 0.29) is 24.6 Å². The molecule has 1 amide bonds. The van der Waals surface area contributed by atoms with Crippen molar-refractivity contribution in [3.63, 3.8) is 0 Å². The van der Waals surface area contributed by atoms with Gasteiger partial charge in [0.1, 0.15) is 5.82 Å². The van der Waals surface area contributed by atoms with Crippen LogP contribution >= 0.6 is 0 Å². The van der Waals surface area contributed by atoms with Gasteiger partial charge >= 0.3 is 0 Å². The molecular weight excluding hydrogens is 363 g/mol. The third-order valence-electron chi connectivity index (χ3n) is 4.80. The summed E-state index contributed by atoms with van der Waals surface area (Å²) in [5, 5.41) is 4.20. The maximum Gasteiger partial charge on any atom is 0.231 e. The molecule has 2 aliphatic heterocycles. The number of amides is 1. The van der Waals surface area contributed by atoms with Gasteiger partial charge < -0.3 is 19.2 Å². The van der Waals surface area contributed by atoms with Gasteiger partial charge in [0.15, 0.2) is 17.6 Å². The zero-order valence-electron chi connectivity index (χ0n) is 15.6. The van der Waals surface area contributed by atoms with Gasteiger partial charge in [0, 0.05) is 24.9 Å². The number of rotatable bonds is 6.